The van der Waals surface area contributed by atoms with Crippen LogP contribution in [0.4, 0.5) is 0 Å². The van der Waals surface area contributed by atoms with Crippen molar-refractivity contribution >= 4 is 39.5 Å². The molecular weight excluding hydrogens is 1150 g/mol. The Morgan fingerprint density at radius 3 is 0.943 bits per heavy atom. The Balaban J connectivity index is 5.21. The molecule has 512 valence electrons. The molecule has 3 N–H and O–H groups in total. The number of rotatable bonds is 66. The summed E-state index contributed by atoms with van der Waals surface area (Å²) in [6.07, 6.45) is 49.7. The zero-order valence-electron chi connectivity index (χ0n) is 55.6. The van der Waals surface area contributed by atoms with Gasteiger partial charge in [-0.3, -0.25) is 37.3 Å². The van der Waals surface area contributed by atoms with Crippen LogP contribution in [-0.4, -0.2) is 96.7 Å². The molecule has 0 heterocycles. The number of unbranched alkanes of at least 4 members (excludes halogenated alkanes) is 35. The second kappa shape index (κ2) is 61.1. The van der Waals surface area contributed by atoms with Crippen LogP contribution < -0.4 is 0 Å². The fourth-order valence-corrected chi connectivity index (χ4v) is 11.3. The SMILES string of the molecule is CCCCCC/C=C\C=C/CCCCCCCC(=O)O[C@H](COC(=O)CCCCCCCCCCCCCCC(C)C)COP(=O)(O)OC[C@@H](O)COP(=O)(O)OC[C@@H](COC(=O)CCCCCCC)OC(=O)CCCCCCCCCCCCCC. The second-order valence-corrected chi connectivity index (χ2v) is 27.3. The van der Waals surface area contributed by atoms with Crippen LogP contribution in [0.3, 0.4) is 0 Å². The van der Waals surface area contributed by atoms with E-state index in [4.69, 9.17) is 37.0 Å². The standard InChI is InChI=1S/C68H128O17P2/c1-6-9-12-15-17-19-21-23-24-25-31-35-39-44-49-54-68(73)85-64(58-79-66(71)52-47-42-37-33-30-27-26-28-32-36-41-45-50-61(4)5)60-83-87(76,77)81-56-62(69)55-80-86(74,75)82-59-63(57-78-65(70)51-46-40-14-11-8-3)84-67(72)53-48-43-38-34-29-22-20-18-16-13-10-7-2/h19,21,23-24,61-64,69H,6-18,20,22,25-60H2,1-5H3,(H,74,75)(H,76,77)/b21-19-,24-23-/t62-,63+,64+/m0/s1. The summed E-state index contributed by atoms with van der Waals surface area (Å²) in [4.78, 5) is 72.2. The molecule has 0 saturated heterocycles. The highest BCUT2D eigenvalue weighted by Crippen LogP contribution is 2.45. The molecule has 0 fully saturated rings. The molecule has 17 nitrogen and oxygen atoms in total. The lowest BCUT2D eigenvalue weighted by Gasteiger charge is -2.21. The number of phosphoric acid groups is 2. The summed E-state index contributed by atoms with van der Waals surface area (Å²) in [5.74, 6) is -1.39. The molecule has 5 atom stereocenters. The van der Waals surface area contributed by atoms with Gasteiger partial charge in [-0.25, -0.2) is 9.13 Å². The van der Waals surface area contributed by atoms with E-state index in [1.165, 1.54) is 128 Å². The number of esters is 4. The molecule has 0 aliphatic heterocycles. The quantitative estimate of drug-likeness (QED) is 0.0169. The maximum Gasteiger partial charge on any atom is 0.472 e. The van der Waals surface area contributed by atoms with E-state index >= 15 is 0 Å². The lowest BCUT2D eigenvalue weighted by atomic mass is 10.0. The first-order valence-electron chi connectivity index (χ1n) is 35.0. The molecule has 0 aromatic rings. The maximum absolute atomic E-state index is 13.0. The van der Waals surface area contributed by atoms with Gasteiger partial charge in [-0.1, -0.05) is 271 Å². The number of hydrogen-bond donors (Lipinski definition) is 3. The van der Waals surface area contributed by atoms with E-state index in [1.807, 2.05) is 0 Å². The van der Waals surface area contributed by atoms with Crippen LogP contribution in [0.25, 0.3) is 0 Å². The summed E-state index contributed by atoms with van der Waals surface area (Å²) in [6, 6.07) is 0. The van der Waals surface area contributed by atoms with Crippen molar-refractivity contribution in [1.82, 2.24) is 0 Å². The highest BCUT2D eigenvalue weighted by molar-refractivity contribution is 7.47. The Hall–Kier alpha value is -2.46. The average Bonchev–Trinajstić information content (AvgIpc) is 3.71. The van der Waals surface area contributed by atoms with E-state index in [0.29, 0.717) is 25.7 Å². The second-order valence-electron chi connectivity index (χ2n) is 24.4. The number of phosphoric ester groups is 2. The molecule has 0 radical (unpaired) electrons. The van der Waals surface area contributed by atoms with E-state index in [0.717, 1.165) is 115 Å². The minimum Gasteiger partial charge on any atom is -0.462 e. The van der Waals surface area contributed by atoms with Crippen molar-refractivity contribution in [2.75, 3.05) is 39.6 Å². The first-order valence-corrected chi connectivity index (χ1v) is 37.9. The molecule has 2 unspecified atom stereocenters. The molecular formula is C68H128O17P2. The summed E-state index contributed by atoms with van der Waals surface area (Å²) >= 11 is 0. The molecule has 0 aromatic heterocycles. The number of carbonyl (C=O) groups is 4. The van der Waals surface area contributed by atoms with E-state index < -0.39 is 97.5 Å². The Kier molecular flexibility index (Phi) is 59.3. The van der Waals surface area contributed by atoms with Crippen molar-refractivity contribution in [2.45, 2.75) is 342 Å². The first-order chi connectivity index (χ1) is 42.0. The van der Waals surface area contributed by atoms with Gasteiger partial charge in [0.1, 0.15) is 19.3 Å². The largest absolute Gasteiger partial charge is 0.472 e. The number of hydrogen-bond acceptors (Lipinski definition) is 15. The zero-order valence-corrected chi connectivity index (χ0v) is 57.4. The molecule has 0 aliphatic carbocycles. The third-order valence-electron chi connectivity index (χ3n) is 15.2. The summed E-state index contributed by atoms with van der Waals surface area (Å²) in [7, 11) is -9.90. The molecule has 0 spiro atoms. The van der Waals surface area contributed by atoms with Crippen LogP contribution in [-0.2, 0) is 65.4 Å². The van der Waals surface area contributed by atoms with E-state index in [9.17, 15) is 43.2 Å². The Bertz CT molecular complexity index is 1780. The normalized spacial score (nSPS) is 14.3. The van der Waals surface area contributed by atoms with Crippen LogP contribution >= 0.6 is 15.6 Å². The maximum atomic E-state index is 13.0. The fourth-order valence-electron chi connectivity index (χ4n) is 9.75. The highest BCUT2D eigenvalue weighted by Gasteiger charge is 2.30. The zero-order chi connectivity index (χ0) is 64.2. The lowest BCUT2D eigenvalue weighted by Crippen LogP contribution is -2.30. The van der Waals surface area contributed by atoms with E-state index in [2.05, 4.69) is 58.9 Å². The topological polar surface area (TPSA) is 237 Å². The highest BCUT2D eigenvalue weighted by atomic mass is 31.2. The molecule has 0 rings (SSSR count). The van der Waals surface area contributed by atoms with Crippen molar-refractivity contribution in [3.63, 3.8) is 0 Å². The minimum absolute atomic E-state index is 0.0851. The van der Waals surface area contributed by atoms with Crippen molar-refractivity contribution in [3.8, 4) is 0 Å². The van der Waals surface area contributed by atoms with Gasteiger partial charge < -0.3 is 33.8 Å². The number of aliphatic hydroxyl groups excluding tert-OH is 1. The van der Waals surface area contributed by atoms with Gasteiger partial charge in [-0.05, 0) is 57.3 Å². The van der Waals surface area contributed by atoms with Gasteiger partial charge in [0.15, 0.2) is 12.2 Å². The Morgan fingerprint density at radius 2 is 0.621 bits per heavy atom. The van der Waals surface area contributed by atoms with Gasteiger partial charge in [-0.15, -0.1) is 0 Å². The summed E-state index contributed by atoms with van der Waals surface area (Å²) in [6.45, 7) is 7.09. The van der Waals surface area contributed by atoms with E-state index in [1.54, 1.807) is 0 Å². The molecule has 87 heavy (non-hydrogen) atoms. The third kappa shape index (κ3) is 62.1. The monoisotopic (exact) mass is 1280 g/mol. The van der Waals surface area contributed by atoms with Crippen LogP contribution in [0.1, 0.15) is 324 Å². The predicted molar refractivity (Wildman–Crippen MR) is 349 cm³/mol. The van der Waals surface area contributed by atoms with Crippen molar-refractivity contribution in [3.05, 3.63) is 24.3 Å². The Morgan fingerprint density at radius 1 is 0.356 bits per heavy atom. The molecule has 0 aromatic carbocycles. The number of carbonyl (C=O) groups excluding carboxylic acids is 4. The van der Waals surface area contributed by atoms with E-state index in [-0.39, 0.29) is 25.7 Å². The van der Waals surface area contributed by atoms with Crippen molar-refractivity contribution in [1.29, 1.82) is 0 Å². The van der Waals surface area contributed by atoms with Gasteiger partial charge in [-0.2, -0.15) is 0 Å². The third-order valence-corrected chi connectivity index (χ3v) is 17.1. The summed E-state index contributed by atoms with van der Waals surface area (Å²) < 4.78 is 67.9. The average molecular weight is 1280 g/mol. The minimum atomic E-state index is -4.96. The molecule has 0 aliphatic rings. The lowest BCUT2D eigenvalue weighted by molar-refractivity contribution is -0.161. The van der Waals surface area contributed by atoms with Crippen molar-refractivity contribution in [2.24, 2.45) is 5.92 Å². The fraction of sp³-hybridized carbons (Fsp3) is 0.882. The van der Waals surface area contributed by atoms with Gasteiger partial charge in [0.2, 0.25) is 0 Å². The summed E-state index contributed by atoms with van der Waals surface area (Å²) in [5.41, 5.74) is 0. The van der Waals surface area contributed by atoms with Crippen LogP contribution in [0.15, 0.2) is 24.3 Å². The molecule has 0 amide bonds. The van der Waals surface area contributed by atoms with Gasteiger partial charge in [0, 0.05) is 25.7 Å². The van der Waals surface area contributed by atoms with Gasteiger partial charge >= 0.3 is 39.5 Å². The van der Waals surface area contributed by atoms with Crippen LogP contribution in [0, 0.1) is 5.92 Å². The van der Waals surface area contributed by atoms with Crippen LogP contribution in [0.2, 0.25) is 0 Å². The van der Waals surface area contributed by atoms with Crippen molar-refractivity contribution < 1.29 is 80.2 Å². The molecule has 0 bridgehead atoms. The molecule has 19 heteroatoms. The van der Waals surface area contributed by atoms with Gasteiger partial charge in [0.05, 0.1) is 26.4 Å². The van der Waals surface area contributed by atoms with Gasteiger partial charge in [0.25, 0.3) is 0 Å². The molecule has 0 saturated carbocycles. The number of aliphatic hydroxyl groups is 1. The Labute approximate surface area is 529 Å². The predicted octanol–water partition coefficient (Wildman–Crippen LogP) is 18.9. The summed E-state index contributed by atoms with van der Waals surface area (Å²) in [5, 5.41) is 10.5. The van der Waals surface area contributed by atoms with Crippen LogP contribution in [0.5, 0.6) is 0 Å². The number of allylic oxidation sites excluding steroid dienone is 4. The number of ether oxygens (including phenoxy) is 4. The smallest absolute Gasteiger partial charge is 0.462 e. The first kappa shape index (κ1) is 84.5.